The normalized spacial score (nSPS) is 14.2. The molecule has 164 valence electrons. The standard InChI is InChI=1S/C20H46O2S3Si2/c1-7-13-15-21-19(26(9-3)10-4)17-23-25-24-18-20(22-16-14-8-2)27(11-5)12-6/h19-20,26-27H,7-18H2,1-6H3. The van der Waals surface area contributed by atoms with Gasteiger partial charge in [0.2, 0.25) is 0 Å². The van der Waals surface area contributed by atoms with E-state index in [1.807, 2.05) is 31.4 Å². The summed E-state index contributed by atoms with van der Waals surface area (Å²) in [5.74, 6) is 2.34. The van der Waals surface area contributed by atoms with E-state index >= 15 is 0 Å². The van der Waals surface area contributed by atoms with Crippen molar-refractivity contribution < 1.29 is 9.47 Å². The summed E-state index contributed by atoms with van der Waals surface area (Å²) in [7, 11) is 4.53. The van der Waals surface area contributed by atoms with Crippen LogP contribution in [-0.2, 0) is 9.47 Å². The van der Waals surface area contributed by atoms with Crippen molar-refractivity contribution in [1.29, 1.82) is 0 Å². The van der Waals surface area contributed by atoms with Gasteiger partial charge < -0.3 is 9.47 Å². The van der Waals surface area contributed by atoms with E-state index in [1.54, 1.807) is 0 Å². The van der Waals surface area contributed by atoms with Crippen LogP contribution in [-0.4, -0.2) is 53.8 Å². The largest absolute Gasteiger partial charge is 0.381 e. The lowest BCUT2D eigenvalue weighted by Gasteiger charge is -2.25. The summed E-state index contributed by atoms with van der Waals surface area (Å²) < 4.78 is 12.6. The van der Waals surface area contributed by atoms with E-state index < -0.39 is 17.6 Å². The second kappa shape index (κ2) is 20.7. The maximum atomic E-state index is 6.29. The van der Waals surface area contributed by atoms with Gasteiger partial charge in [0.05, 0.1) is 29.0 Å². The van der Waals surface area contributed by atoms with Crippen molar-refractivity contribution in [1.82, 2.24) is 0 Å². The molecule has 0 aromatic heterocycles. The third-order valence-corrected chi connectivity index (χ3v) is 17.5. The highest BCUT2D eigenvalue weighted by atomic mass is 33.5. The molecular formula is C20H46O2S3Si2. The number of hydrogen-bond acceptors (Lipinski definition) is 5. The zero-order valence-corrected chi connectivity index (χ0v) is 23.6. The Morgan fingerprint density at radius 2 is 1.00 bits per heavy atom. The quantitative estimate of drug-likeness (QED) is 0.108. The molecule has 0 bridgehead atoms. The van der Waals surface area contributed by atoms with Crippen molar-refractivity contribution in [2.24, 2.45) is 0 Å². The zero-order valence-electron chi connectivity index (χ0n) is 18.8. The van der Waals surface area contributed by atoms with Crippen LogP contribution in [0.15, 0.2) is 0 Å². The van der Waals surface area contributed by atoms with Gasteiger partial charge in [-0.2, -0.15) is 0 Å². The highest BCUT2D eigenvalue weighted by molar-refractivity contribution is 9.09. The zero-order chi connectivity index (χ0) is 20.3. The van der Waals surface area contributed by atoms with E-state index in [4.69, 9.17) is 9.47 Å². The minimum Gasteiger partial charge on any atom is -0.381 e. The lowest BCUT2D eigenvalue weighted by Crippen LogP contribution is -2.35. The molecule has 0 aromatic rings. The van der Waals surface area contributed by atoms with E-state index in [2.05, 4.69) is 41.5 Å². The predicted molar refractivity (Wildman–Crippen MR) is 138 cm³/mol. The van der Waals surface area contributed by atoms with Crippen molar-refractivity contribution in [2.75, 3.05) is 24.7 Å². The van der Waals surface area contributed by atoms with Crippen LogP contribution in [0.4, 0.5) is 0 Å². The van der Waals surface area contributed by atoms with Crippen LogP contribution in [0.1, 0.15) is 67.2 Å². The van der Waals surface area contributed by atoms with E-state index in [9.17, 15) is 0 Å². The van der Waals surface area contributed by atoms with Gasteiger partial charge in [0.1, 0.15) is 0 Å². The van der Waals surface area contributed by atoms with Gasteiger partial charge in [0.15, 0.2) is 0 Å². The molecule has 0 spiro atoms. The van der Waals surface area contributed by atoms with Crippen LogP contribution in [0.2, 0.25) is 24.2 Å². The maximum absolute atomic E-state index is 6.29. The van der Waals surface area contributed by atoms with Gasteiger partial charge >= 0.3 is 0 Å². The van der Waals surface area contributed by atoms with Crippen molar-refractivity contribution in [3.63, 3.8) is 0 Å². The van der Waals surface area contributed by atoms with Gasteiger partial charge in [-0.1, -0.05) is 100 Å². The van der Waals surface area contributed by atoms with E-state index in [0.29, 0.717) is 11.5 Å². The first kappa shape index (κ1) is 28.4. The van der Waals surface area contributed by atoms with Crippen LogP contribution in [0.5, 0.6) is 0 Å². The first-order valence-electron chi connectivity index (χ1n) is 11.3. The summed E-state index contributed by atoms with van der Waals surface area (Å²) in [6.07, 6.45) is 4.87. The Labute approximate surface area is 185 Å². The molecule has 2 nitrogen and oxygen atoms in total. The molecule has 0 aliphatic rings. The molecule has 0 fully saturated rings. The summed E-state index contributed by atoms with van der Waals surface area (Å²) in [4.78, 5) is 0. The van der Waals surface area contributed by atoms with Gasteiger partial charge in [-0.3, -0.25) is 0 Å². The molecule has 0 amide bonds. The van der Waals surface area contributed by atoms with Crippen LogP contribution < -0.4 is 0 Å². The fraction of sp³-hybridized carbons (Fsp3) is 1.00. The van der Waals surface area contributed by atoms with Crippen LogP contribution in [0.25, 0.3) is 0 Å². The average molecular weight is 471 g/mol. The number of rotatable bonds is 20. The molecule has 27 heavy (non-hydrogen) atoms. The SMILES string of the molecule is CCCCOC(CSSSCC(OCCCC)[SiH](CC)CC)[SiH](CC)CC. The number of hydrogen-bond donors (Lipinski definition) is 0. The van der Waals surface area contributed by atoms with Crippen LogP contribution >= 0.6 is 31.4 Å². The molecule has 0 saturated carbocycles. The second-order valence-corrected chi connectivity index (χ2v) is 19.4. The van der Waals surface area contributed by atoms with Gasteiger partial charge in [0, 0.05) is 24.7 Å². The summed E-state index contributed by atoms with van der Waals surface area (Å²) in [6.45, 7) is 15.9. The molecule has 0 aliphatic carbocycles. The molecule has 0 saturated heterocycles. The maximum Gasteiger partial charge on any atom is 0.0723 e. The molecular weight excluding hydrogens is 425 g/mol. The summed E-state index contributed by atoms with van der Waals surface area (Å²) in [5.41, 5.74) is 1.10. The fourth-order valence-electron chi connectivity index (χ4n) is 3.25. The Hall–Kier alpha value is 1.40. The minimum atomic E-state index is -0.750. The molecule has 0 aromatic carbocycles. The monoisotopic (exact) mass is 470 g/mol. The first-order chi connectivity index (χ1) is 13.2. The molecule has 2 atom stereocenters. The van der Waals surface area contributed by atoms with Crippen molar-refractivity contribution >= 4 is 49.0 Å². The predicted octanol–water partition coefficient (Wildman–Crippen LogP) is 7.00. The Kier molecular flexibility index (Phi) is 21.7. The highest BCUT2D eigenvalue weighted by Crippen LogP contribution is 2.37. The minimum absolute atomic E-state index is 0.551. The van der Waals surface area contributed by atoms with Gasteiger partial charge in [-0.15, -0.1) is 0 Å². The Morgan fingerprint density at radius 1 is 0.630 bits per heavy atom. The van der Waals surface area contributed by atoms with Gasteiger partial charge in [0.25, 0.3) is 0 Å². The third kappa shape index (κ3) is 14.1. The first-order valence-corrected chi connectivity index (χ1v) is 19.7. The lowest BCUT2D eigenvalue weighted by molar-refractivity contribution is 0.113. The highest BCUT2D eigenvalue weighted by Gasteiger charge is 2.22. The van der Waals surface area contributed by atoms with Crippen molar-refractivity contribution in [3.8, 4) is 0 Å². The van der Waals surface area contributed by atoms with Crippen molar-refractivity contribution in [3.05, 3.63) is 0 Å². The van der Waals surface area contributed by atoms with E-state index in [1.165, 1.54) is 61.4 Å². The topological polar surface area (TPSA) is 18.5 Å². The lowest BCUT2D eigenvalue weighted by atomic mass is 10.4. The Bertz CT molecular complexity index is 279. The number of ether oxygens (including phenoxy) is 2. The smallest absolute Gasteiger partial charge is 0.0723 e. The third-order valence-electron chi connectivity index (χ3n) is 5.37. The van der Waals surface area contributed by atoms with Crippen molar-refractivity contribution in [2.45, 2.75) is 103 Å². The number of unbranched alkanes of at least 4 members (excludes halogenated alkanes) is 2. The summed E-state index contributed by atoms with van der Waals surface area (Å²) in [5, 5.41) is 0. The summed E-state index contributed by atoms with van der Waals surface area (Å²) >= 11 is 0. The van der Waals surface area contributed by atoms with Gasteiger partial charge in [-0.25, -0.2) is 0 Å². The Morgan fingerprint density at radius 3 is 1.30 bits per heavy atom. The summed E-state index contributed by atoms with van der Waals surface area (Å²) in [6, 6.07) is 5.44. The van der Waals surface area contributed by atoms with E-state index in [-0.39, 0.29) is 0 Å². The molecule has 2 unspecified atom stereocenters. The average Bonchev–Trinajstić information content (AvgIpc) is 2.68. The molecule has 7 heteroatoms. The van der Waals surface area contributed by atoms with E-state index in [0.717, 1.165) is 13.2 Å². The van der Waals surface area contributed by atoms with Crippen LogP contribution in [0.3, 0.4) is 0 Å². The fourth-order valence-corrected chi connectivity index (χ4v) is 14.5. The van der Waals surface area contributed by atoms with Gasteiger partial charge in [-0.05, 0) is 22.7 Å². The molecule has 0 N–H and O–H groups in total. The second-order valence-electron chi connectivity index (χ2n) is 7.32. The molecule has 0 radical (unpaired) electrons. The molecule has 0 rings (SSSR count). The molecule has 0 heterocycles. The van der Waals surface area contributed by atoms with Crippen LogP contribution in [0, 0.1) is 0 Å². The molecule has 0 aliphatic heterocycles. The Balaban J connectivity index is 4.28.